The summed E-state index contributed by atoms with van der Waals surface area (Å²) in [7, 11) is -3.27. The van der Waals surface area contributed by atoms with Crippen LogP contribution in [-0.4, -0.2) is 19.8 Å². The van der Waals surface area contributed by atoms with E-state index in [0.29, 0.717) is 11.3 Å². The second-order valence-electron chi connectivity index (χ2n) is 4.01. The number of hydrogen-bond donors (Lipinski definition) is 2. The van der Waals surface area contributed by atoms with Gasteiger partial charge in [-0.1, -0.05) is 12.1 Å². The smallest absolute Gasteiger partial charge is 0.229 e. The van der Waals surface area contributed by atoms with E-state index in [1.54, 1.807) is 38.1 Å². The van der Waals surface area contributed by atoms with Crippen LogP contribution in [0.5, 0.6) is 0 Å². The zero-order valence-corrected chi connectivity index (χ0v) is 9.80. The molecular formula is C10H15NO3S. The zero-order chi connectivity index (χ0) is 11.7. The molecule has 1 aromatic carbocycles. The first-order valence-electron chi connectivity index (χ1n) is 4.49. The van der Waals surface area contributed by atoms with Crippen molar-refractivity contribution in [3.05, 3.63) is 29.8 Å². The average Bonchev–Trinajstić information content (AvgIpc) is 1.99. The van der Waals surface area contributed by atoms with E-state index < -0.39 is 15.6 Å². The summed E-state index contributed by atoms with van der Waals surface area (Å²) in [6, 6.07) is 6.69. The molecule has 84 valence electrons. The van der Waals surface area contributed by atoms with Crippen LogP contribution in [0.3, 0.4) is 0 Å². The predicted octanol–water partition coefficient (Wildman–Crippen LogP) is 1.29. The molecule has 0 aromatic heterocycles. The van der Waals surface area contributed by atoms with Crippen molar-refractivity contribution in [3.8, 4) is 0 Å². The standard InChI is InChI=1S/C10H15NO3S/c1-10(2,12)8-5-4-6-9(7-8)11-15(3,13)14/h4-7,11-12H,1-3H3. The highest BCUT2D eigenvalue weighted by Crippen LogP contribution is 2.22. The van der Waals surface area contributed by atoms with Gasteiger partial charge in [0.15, 0.2) is 0 Å². The van der Waals surface area contributed by atoms with E-state index in [0.717, 1.165) is 6.26 Å². The molecule has 1 aromatic rings. The Morgan fingerprint density at radius 3 is 2.40 bits per heavy atom. The number of aliphatic hydroxyl groups is 1. The molecule has 0 aliphatic rings. The zero-order valence-electron chi connectivity index (χ0n) is 8.98. The SMILES string of the molecule is CC(C)(O)c1cccc(NS(C)(=O)=O)c1. The quantitative estimate of drug-likeness (QED) is 0.820. The van der Waals surface area contributed by atoms with Gasteiger partial charge in [0.1, 0.15) is 0 Å². The Balaban J connectivity index is 3.04. The van der Waals surface area contributed by atoms with Gasteiger partial charge in [-0.15, -0.1) is 0 Å². The van der Waals surface area contributed by atoms with Crippen molar-refractivity contribution in [2.75, 3.05) is 11.0 Å². The molecule has 0 unspecified atom stereocenters. The lowest BCUT2D eigenvalue weighted by Crippen LogP contribution is -2.16. The van der Waals surface area contributed by atoms with Crippen molar-refractivity contribution >= 4 is 15.7 Å². The largest absolute Gasteiger partial charge is 0.386 e. The highest BCUT2D eigenvalue weighted by Gasteiger charge is 2.16. The maximum atomic E-state index is 11.0. The molecule has 5 heteroatoms. The molecule has 0 radical (unpaired) electrons. The molecule has 2 N–H and O–H groups in total. The summed E-state index contributed by atoms with van der Waals surface area (Å²) < 4.78 is 24.3. The first-order chi connectivity index (χ1) is 6.68. The second kappa shape index (κ2) is 3.83. The summed E-state index contributed by atoms with van der Waals surface area (Å²) in [6.45, 7) is 3.29. The molecule has 1 rings (SSSR count). The Bertz CT molecular complexity index is 446. The number of benzene rings is 1. The van der Waals surface area contributed by atoms with Gasteiger partial charge in [-0.25, -0.2) is 8.42 Å². The Morgan fingerprint density at radius 2 is 1.93 bits per heavy atom. The van der Waals surface area contributed by atoms with Gasteiger partial charge in [0.2, 0.25) is 10.0 Å². The first kappa shape index (κ1) is 12.0. The van der Waals surface area contributed by atoms with Gasteiger partial charge in [0.05, 0.1) is 11.9 Å². The van der Waals surface area contributed by atoms with Gasteiger partial charge in [0.25, 0.3) is 0 Å². The molecule has 0 amide bonds. The summed E-state index contributed by atoms with van der Waals surface area (Å²) in [6.07, 6.45) is 1.09. The number of nitrogens with one attached hydrogen (secondary N) is 1. The molecule has 0 heterocycles. The van der Waals surface area contributed by atoms with Crippen molar-refractivity contribution in [2.45, 2.75) is 19.4 Å². The van der Waals surface area contributed by atoms with Gasteiger partial charge in [-0.05, 0) is 31.5 Å². The molecule has 0 aliphatic carbocycles. The number of hydrogen-bond acceptors (Lipinski definition) is 3. The minimum atomic E-state index is -3.27. The van der Waals surface area contributed by atoms with E-state index in [1.165, 1.54) is 0 Å². The second-order valence-corrected chi connectivity index (χ2v) is 5.76. The van der Waals surface area contributed by atoms with Gasteiger partial charge >= 0.3 is 0 Å². The summed E-state index contributed by atoms with van der Waals surface area (Å²) in [5.41, 5.74) is 0.142. The van der Waals surface area contributed by atoms with Crippen molar-refractivity contribution in [1.82, 2.24) is 0 Å². The monoisotopic (exact) mass is 229 g/mol. The molecule has 0 atom stereocenters. The van der Waals surface area contributed by atoms with E-state index >= 15 is 0 Å². The Morgan fingerprint density at radius 1 is 1.33 bits per heavy atom. The van der Waals surface area contributed by atoms with E-state index in [9.17, 15) is 13.5 Å². The Hall–Kier alpha value is -1.07. The van der Waals surface area contributed by atoms with Crippen LogP contribution >= 0.6 is 0 Å². The average molecular weight is 229 g/mol. The topological polar surface area (TPSA) is 66.4 Å². The van der Waals surface area contributed by atoms with E-state index in [2.05, 4.69) is 4.72 Å². The van der Waals surface area contributed by atoms with Crippen LogP contribution in [0.25, 0.3) is 0 Å². The van der Waals surface area contributed by atoms with Gasteiger partial charge < -0.3 is 5.11 Å². The van der Waals surface area contributed by atoms with E-state index in [4.69, 9.17) is 0 Å². The fraction of sp³-hybridized carbons (Fsp3) is 0.400. The van der Waals surface area contributed by atoms with Crippen LogP contribution in [0.4, 0.5) is 5.69 Å². The molecule has 4 nitrogen and oxygen atoms in total. The number of sulfonamides is 1. The van der Waals surface area contributed by atoms with Crippen molar-refractivity contribution in [2.24, 2.45) is 0 Å². The molecule has 0 spiro atoms. The third-order valence-corrected chi connectivity index (χ3v) is 2.48. The molecule has 0 saturated carbocycles. The maximum absolute atomic E-state index is 11.0. The summed E-state index contributed by atoms with van der Waals surface area (Å²) in [5.74, 6) is 0. The normalized spacial score (nSPS) is 12.5. The molecule has 0 saturated heterocycles. The lowest BCUT2D eigenvalue weighted by atomic mass is 9.98. The molecule has 15 heavy (non-hydrogen) atoms. The molecule has 0 bridgehead atoms. The molecular weight excluding hydrogens is 214 g/mol. The Labute approximate surface area is 90.0 Å². The van der Waals surface area contributed by atoms with Crippen LogP contribution in [0.15, 0.2) is 24.3 Å². The maximum Gasteiger partial charge on any atom is 0.229 e. The van der Waals surface area contributed by atoms with E-state index in [-0.39, 0.29) is 0 Å². The lowest BCUT2D eigenvalue weighted by molar-refractivity contribution is 0.0786. The van der Waals surface area contributed by atoms with Gasteiger partial charge in [-0.2, -0.15) is 0 Å². The molecule has 0 aliphatic heterocycles. The van der Waals surface area contributed by atoms with Crippen molar-refractivity contribution in [3.63, 3.8) is 0 Å². The summed E-state index contributed by atoms with van der Waals surface area (Å²) in [4.78, 5) is 0. The van der Waals surface area contributed by atoms with Crippen molar-refractivity contribution in [1.29, 1.82) is 0 Å². The number of rotatable bonds is 3. The minimum Gasteiger partial charge on any atom is -0.386 e. The summed E-state index contributed by atoms with van der Waals surface area (Å²) >= 11 is 0. The van der Waals surface area contributed by atoms with E-state index in [1.807, 2.05) is 0 Å². The third-order valence-electron chi connectivity index (χ3n) is 1.87. The fourth-order valence-electron chi connectivity index (χ4n) is 1.18. The Kier molecular flexibility index (Phi) is 3.06. The predicted molar refractivity (Wildman–Crippen MR) is 60.2 cm³/mol. The highest BCUT2D eigenvalue weighted by molar-refractivity contribution is 7.92. The van der Waals surface area contributed by atoms with Crippen LogP contribution in [0, 0.1) is 0 Å². The fourth-order valence-corrected chi connectivity index (χ4v) is 1.73. The third kappa shape index (κ3) is 3.89. The van der Waals surface area contributed by atoms with Crippen LogP contribution in [-0.2, 0) is 15.6 Å². The van der Waals surface area contributed by atoms with Gasteiger partial charge in [-0.3, -0.25) is 4.72 Å². The number of anilines is 1. The van der Waals surface area contributed by atoms with Gasteiger partial charge in [0, 0.05) is 5.69 Å². The van der Waals surface area contributed by atoms with Crippen LogP contribution in [0.1, 0.15) is 19.4 Å². The minimum absolute atomic E-state index is 0.456. The highest BCUT2D eigenvalue weighted by atomic mass is 32.2. The molecule has 0 fully saturated rings. The summed E-state index contributed by atoms with van der Waals surface area (Å²) in [5, 5.41) is 9.73. The van der Waals surface area contributed by atoms with Crippen molar-refractivity contribution < 1.29 is 13.5 Å². The van der Waals surface area contributed by atoms with Crippen LogP contribution < -0.4 is 4.72 Å². The van der Waals surface area contributed by atoms with Crippen LogP contribution in [0.2, 0.25) is 0 Å². The lowest BCUT2D eigenvalue weighted by Gasteiger charge is -2.18. The first-order valence-corrected chi connectivity index (χ1v) is 6.38.